The van der Waals surface area contributed by atoms with Crippen molar-refractivity contribution < 1.29 is 0 Å². The highest BCUT2D eigenvalue weighted by Crippen LogP contribution is 2.29. The van der Waals surface area contributed by atoms with Crippen molar-refractivity contribution in [3.05, 3.63) is 21.3 Å². The van der Waals surface area contributed by atoms with E-state index in [9.17, 15) is 0 Å². The minimum atomic E-state index is 0.0891. The maximum absolute atomic E-state index is 6.03. The molecule has 1 unspecified atom stereocenters. The van der Waals surface area contributed by atoms with Crippen LogP contribution in [0.25, 0.3) is 0 Å². The molecule has 4 heteroatoms. The summed E-state index contributed by atoms with van der Waals surface area (Å²) in [7, 11) is 0. The van der Waals surface area contributed by atoms with Crippen molar-refractivity contribution in [2.45, 2.75) is 19.9 Å². The van der Waals surface area contributed by atoms with Crippen LogP contribution in [-0.4, -0.2) is 11.5 Å². The van der Waals surface area contributed by atoms with Gasteiger partial charge >= 0.3 is 0 Å². The average Bonchev–Trinajstić information content (AvgIpc) is 2.50. The molecule has 2 N–H and O–H groups in total. The van der Waals surface area contributed by atoms with Gasteiger partial charge in [0.05, 0.1) is 5.02 Å². The Hall–Kier alpha value is 0.300. The minimum Gasteiger partial charge on any atom is -0.323 e. The molecule has 14 heavy (non-hydrogen) atoms. The Kier molecular flexibility index (Phi) is 5.31. The van der Waals surface area contributed by atoms with Crippen LogP contribution in [-0.2, 0) is 0 Å². The Labute approximate surface area is 99.0 Å². The van der Waals surface area contributed by atoms with Crippen molar-refractivity contribution in [3.8, 4) is 0 Å². The summed E-state index contributed by atoms with van der Waals surface area (Å²) in [5, 5.41) is 2.80. The standard InChI is InChI=1S/C10H16ClNS2/c1-7(2)5-13-6-9(12)10-8(11)3-4-14-10/h3-4,7,9H,5-6,12H2,1-2H3. The van der Waals surface area contributed by atoms with E-state index in [0.29, 0.717) is 0 Å². The molecule has 0 amide bonds. The first-order valence-electron chi connectivity index (χ1n) is 4.67. The molecular formula is C10H16ClNS2. The maximum Gasteiger partial charge on any atom is 0.0561 e. The lowest BCUT2D eigenvalue weighted by Gasteiger charge is -2.11. The van der Waals surface area contributed by atoms with Crippen LogP contribution in [0.4, 0.5) is 0 Å². The Morgan fingerprint density at radius 2 is 2.21 bits per heavy atom. The molecule has 0 aromatic carbocycles. The molecule has 0 aliphatic carbocycles. The Morgan fingerprint density at radius 3 is 2.71 bits per heavy atom. The van der Waals surface area contributed by atoms with Crippen molar-refractivity contribution >= 4 is 34.7 Å². The molecule has 0 saturated carbocycles. The number of thioether (sulfide) groups is 1. The third-order valence-electron chi connectivity index (χ3n) is 1.73. The first-order chi connectivity index (χ1) is 6.61. The van der Waals surface area contributed by atoms with E-state index in [1.165, 1.54) is 0 Å². The monoisotopic (exact) mass is 249 g/mol. The van der Waals surface area contributed by atoms with Crippen LogP contribution in [0.1, 0.15) is 24.8 Å². The van der Waals surface area contributed by atoms with Gasteiger partial charge in [0.1, 0.15) is 0 Å². The zero-order valence-electron chi connectivity index (χ0n) is 8.50. The largest absolute Gasteiger partial charge is 0.323 e. The molecular weight excluding hydrogens is 234 g/mol. The van der Waals surface area contributed by atoms with E-state index in [1.54, 1.807) is 11.3 Å². The molecule has 0 bridgehead atoms. The molecule has 0 aliphatic heterocycles. The number of halogens is 1. The smallest absolute Gasteiger partial charge is 0.0561 e. The second kappa shape index (κ2) is 6.01. The van der Waals surface area contributed by atoms with E-state index in [-0.39, 0.29) is 6.04 Å². The number of rotatable bonds is 5. The molecule has 0 saturated heterocycles. The number of nitrogens with two attached hydrogens (primary N) is 1. The van der Waals surface area contributed by atoms with Crippen LogP contribution < -0.4 is 5.73 Å². The van der Waals surface area contributed by atoms with Crippen molar-refractivity contribution in [3.63, 3.8) is 0 Å². The summed E-state index contributed by atoms with van der Waals surface area (Å²) >= 11 is 9.54. The van der Waals surface area contributed by atoms with Gasteiger partial charge in [0, 0.05) is 16.7 Å². The summed E-state index contributed by atoms with van der Waals surface area (Å²) in [5.41, 5.74) is 6.03. The van der Waals surface area contributed by atoms with Crippen LogP contribution in [0.5, 0.6) is 0 Å². The summed E-state index contributed by atoms with van der Waals surface area (Å²) in [6, 6.07) is 2.00. The highest BCUT2D eigenvalue weighted by atomic mass is 35.5. The molecule has 1 heterocycles. The van der Waals surface area contributed by atoms with Crippen LogP contribution in [0.3, 0.4) is 0 Å². The quantitative estimate of drug-likeness (QED) is 0.859. The lowest BCUT2D eigenvalue weighted by Crippen LogP contribution is -2.12. The maximum atomic E-state index is 6.03. The first kappa shape index (κ1) is 12.4. The number of hydrogen-bond donors (Lipinski definition) is 1. The average molecular weight is 250 g/mol. The summed E-state index contributed by atoms with van der Waals surface area (Å²) < 4.78 is 0. The predicted molar refractivity (Wildman–Crippen MR) is 68.4 cm³/mol. The highest BCUT2D eigenvalue weighted by Gasteiger charge is 2.11. The lowest BCUT2D eigenvalue weighted by molar-refractivity contribution is 0.747. The van der Waals surface area contributed by atoms with E-state index in [2.05, 4.69) is 13.8 Å². The lowest BCUT2D eigenvalue weighted by atomic mass is 10.3. The van der Waals surface area contributed by atoms with Crippen LogP contribution in [0, 0.1) is 5.92 Å². The second-order valence-electron chi connectivity index (χ2n) is 3.67. The summed E-state index contributed by atoms with van der Waals surface area (Å²) in [5.74, 6) is 2.85. The van der Waals surface area contributed by atoms with E-state index in [4.69, 9.17) is 17.3 Å². The fourth-order valence-corrected chi connectivity index (χ4v) is 3.41. The van der Waals surface area contributed by atoms with Gasteiger partial charge in [-0.3, -0.25) is 0 Å². The van der Waals surface area contributed by atoms with Crippen molar-refractivity contribution in [1.82, 2.24) is 0 Å². The van der Waals surface area contributed by atoms with Gasteiger partial charge in [0.15, 0.2) is 0 Å². The van der Waals surface area contributed by atoms with Gasteiger partial charge in [0.2, 0.25) is 0 Å². The molecule has 1 atom stereocenters. The van der Waals surface area contributed by atoms with Gasteiger partial charge in [-0.05, 0) is 23.1 Å². The van der Waals surface area contributed by atoms with Crippen LogP contribution in [0.15, 0.2) is 11.4 Å². The second-order valence-corrected chi connectivity index (χ2v) is 6.10. The fourth-order valence-electron chi connectivity index (χ4n) is 1.08. The minimum absolute atomic E-state index is 0.0891. The normalized spacial score (nSPS) is 13.5. The molecule has 0 spiro atoms. The SMILES string of the molecule is CC(C)CSCC(N)c1sccc1Cl. The summed E-state index contributed by atoms with van der Waals surface area (Å²) in [6.45, 7) is 4.44. The van der Waals surface area contributed by atoms with E-state index in [0.717, 1.165) is 27.3 Å². The highest BCUT2D eigenvalue weighted by molar-refractivity contribution is 7.99. The molecule has 0 radical (unpaired) electrons. The van der Waals surface area contributed by atoms with E-state index in [1.807, 2.05) is 23.2 Å². The van der Waals surface area contributed by atoms with Crippen molar-refractivity contribution in [2.24, 2.45) is 11.7 Å². The fraction of sp³-hybridized carbons (Fsp3) is 0.600. The predicted octanol–water partition coefficient (Wildman–Crippen LogP) is 3.79. The van der Waals surface area contributed by atoms with E-state index < -0.39 is 0 Å². The molecule has 1 aromatic rings. The molecule has 80 valence electrons. The zero-order chi connectivity index (χ0) is 10.6. The van der Waals surface area contributed by atoms with Crippen molar-refractivity contribution in [1.29, 1.82) is 0 Å². The topological polar surface area (TPSA) is 26.0 Å². The van der Waals surface area contributed by atoms with Gasteiger partial charge in [-0.25, -0.2) is 0 Å². The van der Waals surface area contributed by atoms with Gasteiger partial charge in [-0.1, -0.05) is 25.4 Å². The molecule has 0 fully saturated rings. The van der Waals surface area contributed by atoms with Gasteiger partial charge in [-0.15, -0.1) is 11.3 Å². The van der Waals surface area contributed by atoms with Gasteiger partial charge in [0.25, 0.3) is 0 Å². The zero-order valence-corrected chi connectivity index (χ0v) is 10.9. The van der Waals surface area contributed by atoms with Crippen LogP contribution >= 0.6 is 34.7 Å². The van der Waals surface area contributed by atoms with Gasteiger partial charge in [-0.2, -0.15) is 11.8 Å². The Balaban J connectivity index is 2.36. The third-order valence-corrected chi connectivity index (χ3v) is 4.72. The first-order valence-corrected chi connectivity index (χ1v) is 7.08. The molecule has 0 aliphatic rings. The summed E-state index contributed by atoms with van der Waals surface area (Å²) in [4.78, 5) is 1.11. The molecule has 1 aromatic heterocycles. The van der Waals surface area contributed by atoms with Crippen molar-refractivity contribution in [2.75, 3.05) is 11.5 Å². The Bertz CT molecular complexity index is 273. The molecule has 1 rings (SSSR count). The number of thiophene rings is 1. The molecule has 1 nitrogen and oxygen atoms in total. The van der Waals surface area contributed by atoms with Crippen LogP contribution in [0.2, 0.25) is 5.02 Å². The Morgan fingerprint density at radius 1 is 1.50 bits per heavy atom. The van der Waals surface area contributed by atoms with Gasteiger partial charge < -0.3 is 5.73 Å². The van der Waals surface area contributed by atoms with E-state index >= 15 is 0 Å². The third kappa shape index (κ3) is 3.81. The number of hydrogen-bond acceptors (Lipinski definition) is 3. The summed E-state index contributed by atoms with van der Waals surface area (Å²) in [6.07, 6.45) is 0.